The van der Waals surface area contributed by atoms with Gasteiger partial charge in [0.1, 0.15) is 0 Å². The van der Waals surface area contributed by atoms with Crippen LogP contribution < -0.4 is 5.73 Å². The maximum atomic E-state index is 12.4. The zero-order valence-electron chi connectivity index (χ0n) is 13.0. The largest absolute Gasteiger partial charge is 0.340 e. The number of hydrogen-bond acceptors (Lipinski definition) is 2. The zero-order valence-corrected chi connectivity index (χ0v) is 13.0. The standard InChI is InChI=1S/C16H32N2O/c1-13(2)15(10-11-17)8-9-16(19)18-12-6-4-5-7-14(18)3/h13-15H,4-12,17H2,1-3H3. The molecule has 1 rings (SSSR count). The summed E-state index contributed by atoms with van der Waals surface area (Å²) in [6.45, 7) is 8.36. The molecule has 3 heteroatoms. The first-order valence-electron chi connectivity index (χ1n) is 8.05. The predicted molar refractivity (Wildman–Crippen MR) is 80.9 cm³/mol. The summed E-state index contributed by atoms with van der Waals surface area (Å²) in [6.07, 6.45) is 7.63. The van der Waals surface area contributed by atoms with Crippen LogP contribution in [0.5, 0.6) is 0 Å². The van der Waals surface area contributed by atoms with Crippen molar-refractivity contribution in [1.29, 1.82) is 0 Å². The highest BCUT2D eigenvalue weighted by atomic mass is 16.2. The van der Waals surface area contributed by atoms with Crippen LogP contribution in [0.1, 0.15) is 65.7 Å². The first kappa shape index (κ1) is 16.5. The van der Waals surface area contributed by atoms with Crippen molar-refractivity contribution in [2.75, 3.05) is 13.1 Å². The van der Waals surface area contributed by atoms with Crippen molar-refractivity contribution in [3.05, 3.63) is 0 Å². The molecular formula is C16H32N2O. The summed E-state index contributed by atoms with van der Waals surface area (Å²) in [5.74, 6) is 1.58. The summed E-state index contributed by atoms with van der Waals surface area (Å²) in [5, 5.41) is 0. The average Bonchev–Trinajstić information content (AvgIpc) is 2.58. The molecule has 2 atom stereocenters. The van der Waals surface area contributed by atoms with Crippen LogP contribution in [0.4, 0.5) is 0 Å². The molecule has 0 aliphatic carbocycles. The van der Waals surface area contributed by atoms with E-state index < -0.39 is 0 Å². The Hall–Kier alpha value is -0.570. The Kier molecular flexibility index (Phi) is 7.44. The van der Waals surface area contributed by atoms with Gasteiger partial charge in [-0.1, -0.05) is 26.7 Å². The topological polar surface area (TPSA) is 46.3 Å². The summed E-state index contributed by atoms with van der Waals surface area (Å²) < 4.78 is 0. The molecule has 1 saturated heterocycles. The van der Waals surface area contributed by atoms with Gasteiger partial charge in [0.25, 0.3) is 0 Å². The van der Waals surface area contributed by atoms with Gasteiger partial charge in [0.05, 0.1) is 0 Å². The van der Waals surface area contributed by atoms with Crippen molar-refractivity contribution in [3.63, 3.8) is 0 Å². The van der Waals surface area contributed by atoms with Crippen molar-refractivity contribution >= 4 is 5.91 Å². The van der Waals surface area contributed by atoms with Crippen molar-refractivity contribution in [1.82, 2.24) is 4.90 Å². The average molecular weight is 268 g/mol. The van der Waals surface area contributed by atoms with E-state index in [0.29, 0.717) is 30.2 Å². The number of amides is 1. The number of nitrogens with two attached hydrogens (primary N) is 1. The Labute approximate surface area is 118 Å². The van der Waals surface area contributed by atoms with E-state index in [1.165, 1.54) is 25.7 Å². The van der Waals surface area contributed by atoms with Gasteiger partial charge in [-0.2, -0.15) is 0 Å². The number of hydrogen-bond donors (Lipinski definition) is 1. The number of nitrogens with zero attached hydrogens (tertiary/aromatic N) is 1. The normalized spacial score (nSPS) is 22.4. The maximum Gasteiger partial charge on any atom is 0.222 e. The van der Waals surface area contributed by atoms with E-state index in [1.807, 2.05) is 0 Å². The number of likely N-dealkylation sites (tertiary alicyclic amines) is 1. The lowest BCUT2D eigenvalue weighted by molar-refractivity contribution is -0.133. The predicted octanol–water partition coefficient (Wildman–Crippen LogP) is 3.18. The molecule has 1 aliphatic heterocycles. The van der Waals surface area contributed by atoms with Crippen molar-refractivity contribution in [3.8, 4) is 0 Å². The molecule has 0 aromatic heterocycles. The molecule has 1 fully saturated rings. The Morgan fingerprint density at radius 1 is 1.26 bits per heavy atom. The molecule has 3 nitrogen and oxygen atoms in total. The third-order valence-electron chi connectivity index (χ3n) is 4.58. The van der Waals surface area contributed by atoms with E-state index in [1.54, 1.807) is 0 Å². The van der Waals surface area contributed by atoms with E-state index in [-0.39, 0.29) is 0 Å². The molecule has 0 aromatic carbocycles. The minimum Gasteiger partial charge on any atom is -0.340 e. The summed E-state index contributed by atoms with van der Waals surface area (Å²) >= 11 is 0. The van der Waals surface area contributed by atoms with Crippen LogP contribution in [0.3, 0.4) is 0 Å². The quantitative estimate of drug-likeness (QED) is 0.804. The van der Waals surface area contributed by atoms with Crippen molar-refractivity contribution < 1.29 is 4.79 Å². The van der Waals surface area contributed by atoms with Gasteiger partial charge in [-0.05, 0) is 51.0 Å². The highest BCUT2D eigenvalue weighted by molar-refractivity contribution is 5.76. The highest BCUT2D eigenvalue weighted by Gasteiger charge is 2.23. The summed E-state index contributed by atoms with van der Waals surface area (Å²) in [6, 6.07) is 0.432. The molecule has 0 saturated carbocycles. The molecule has 1 heterocycles. The lowest BCUT2D eigenvalue weighted by Crippen LogP contribution is -2.38. The SMILES string of the molecule is CC(C)C(CCN)CCC(=O)N1CCCCCC1C. The highest BCUT2D eigenvalue weighted by Crippen LogP contribution is 2.23. The van der Waals surface area contributed by atoms with E-state index in [2.05, 4.69) is 25.7 Å². The Morgan fingerprint density at radius 3 is 2.63 bits per heavy atom. The number of carbonyl (C=O) groups excluding carboxylic acids is 1. The molecule has 0 spiro atoms. The first-order chi connectivity index (χ1) is 9.06. The lowest BCUT2D eigenvalue weighted by Gasteiger charge is -2.28. The molecule has 112 valence electrons. The Morgan fingerprint density at radius 2 is 2.00 bits per heavy atom. The van der Waals surface area contributed by atoms with E-state index >= 15 is 0 Å². The van der Waals surface area contributed by atoms with Gasteiger partial charge in [0.2, 0.25) is 5.91 Å². The Bertz CT molecular complexity index is 265. The van der Waals surface area contributed by atoms with E-state index in [9.17, 15) is 4.79 Å². The molecule has 19 heavy (non-hydrogen) atoms. The fourth-order valence-electron chi connectivity index (χ4n) is 3.12. The molecule has 0 radical (unpaired) electrons. The molecular weight excluding hydrogens is 236 g/mol. The first-order valence-corrected chi connectivity index (χ1v) is 8.05. The Balaban J connectivity index is 2.44. The van der Waals surface area contributed by atoms with Crippen LogP contribution in [0.25, 0.3) is 0 Å². The third-order valence-corrected chi connectivity index (χ3v) is 4.58. The molecule has 1 aliphatic rings. The molecule has 0 bridgehead atoms. The summed E-state index contributed by atoms with van der Waals surface area (Å²) in [5.41, 5.74) is 5.66. The molecule has 2 unspecified atom stereocenters. The minimum atomic E-state index is 0.358. The summed E-state index contributed by atoms with van der Waals surface area (Å²) in [4.78, 5) is 14.5. The van der Waals surface area contributed by atoms with E-state index in [0.717, 1.165) is 25.9 Å². The van der Waals surface area contributed by atoms with Crippen molar-refractivity contribution in [2.45, 2.75) is 71.8 Å². The monoisotopic (exact) mass is 268 g/mol. The fraction of sp³-hybridized carbons (Fsp3) is 0.938. The van der Waals surface area contributed by atoms with Crippen LogP contribution in [-0.2, 0) is 4.79 Å². The zero-order chi connectivity index (χ0) is 14.3. The fourth-order valence-corrected chi connectivity index (χ4v) is 3.12. The van der Waals surface area contributed by atoms with Gasteiger partial charge < -0.3 is 10.6 Å². The van der Waals surface area contributed by atoms with Gasteiger partial charge in [0.15, 0.2) is 0 Å². The van der Waals surface area contributed by atoms with Gasteiger partial charge in [-0.25, -0.2) is 0 Å². The molecule has 1 amide bonds. The molecule has 2 N–H and O–H groups in total. The smallest absolute Gasteiger partial charge is 0.222 e. The second-order valence-electron chi connectivity index (χ2n) is 6.41. The van der Waals surface area contributed by atoms with Crippen LogP contribution in [0.2, 0.25) is 0 Å². The minimum absolute atomic E-state index is 0.358. The van der Waals surface area contributed by atoms with Gasteiger partial charge >= 0.3 is 0 Å². The van der Waals surface area contributed by atoms with Gasteiger partial charge in [0, 0.05) is 19.0 Å². The van der Waals surface area contributed by atoms with Crippen LogP contribution in [0.15, 0.2) is 0 Å². The van der Waals surface area contributed by atoms with Crippen LogP contribution in [-0.4, -0.2) is 29.9 Å². The van der Waals surface area contributed by atoms with Gasteiger partial charge in [-0.15, -0.1) is 0 Å². The third kappa shape index (κ3) is 5.52. The van der Waals surface area contributed by atoms with Crippen LogP contribution in [0, 0.1) is 11.8 Å². The number of rotatable bonds is 6. The van der Waals surface area contributed by atoms with Gasteiger partial charge in [-0.3, -0.25) is 4.79 Å². The lowest BCUT2D eigenvalue weighted by atomic mass is 9.88. The van der Waals surface area contributed by atoms with Crippen LogP contribution >= 0.6 is 0 Å². The maximum absolute atomic E-state index is 12.4. The summed E-state index contributed by atoms with van der Waals surface area (Å²) in [7, 11) is 0. The second kappa shape index (κ2) is 8.57. The van der Waals surface area contributed by atoms with E-state index in [4.69, 9.17) is 5.73 Å². The van der Waals surface area contributed by atoms with Crippen molar-refractivity contribution in [2.24, 2.45) is 17.6 Å². The second-order valence-corrected chi connectivity index (χ2v) is 6.41. The number of carbonyl (C=O) groups is 1. The molecule has 0 aromatic rings.